The number of aromatic nitrogens is 2. The van der Waals surface area contributed by atoms with E-state index in [1.54, 1.807) is 35.1 Å². The van der Waals surface area contributed by atoms with Gasteiger partial charge in [-0.3, -0.25) is 0 Å². The van der Waals surface area contributed by atoms with Gasteiger partial charge >= 0.3 is 6.03 Å². The molecular formula is C16H11ClF2N4O. The molecule has 0 aliphatic carbocycles. The van der Waals surface area contributed by atoms with Crippen LogP contribution in [0.2, 0.25) is 5.02 Å². The molecule has 1 heterocycles. The third-order valence-electron chi connectivity index (χ3n) is 3.12. The number of hydrogen-bond donors (Lipinski definition) is 2. The maximum absolute atomic E-state index is 13.5. The predicted molar refractivity (Wildman–Crippen MR) is 87.6 cm³/mol. The van der Waals surface area contributed by atoms with Crippen molar-refractivity contribution in [1.29, 1.82) is 0 Å². The van der Waals surface area contributed by atoms with Crippen molar-refractivity contribution in [1.82, 2.24) is 9.78 Å². The number of halogens is 3. The Morgan fingerprint density at radius 2 is 1.83 bits per heavy atom. The number of carbonyl (C=O) groups is 1. The predicted octanol–water partition coefficient (Wildman–Crippen LogP) is 4.45. The fraction of sp³-hybridized carbons (Fsp3) is 0. The first-order valence-electron chi connectivity index (χ1n) is 6.85. The van der Waals surface area contributed by atoms with Gasteiger partial charge in [0.15, 0.2) is 0 Å². The lowest BCUT2D eigenvalue weighted by atomic mass is 10.3. The van der Waals surface area contributed by atoms with E-state index in [0.717, 1.165) is 17.8 Å². The van der Waals surface area contributed by atoms with Crippen molar-refractivity contribution in [2.24, 2.45) is 0 Å². The Kier molecular flexibility index (Phi) is 4.43. The minimum absolute atomic E-state index is 0.114. The SMILES string of the molecule is O=C(Nc1ccc(-n2cc(Cl)cn2)cc1)Nc1ccc(F)cc1F. The highest BCUT2D eigenvalue weighted by Crippen LogP contribution is 2.17. The van der Waals surface area contributed by atoms with Crippen LogP contribution in [0.15, 0.2) is 54.9 Å². The molecule has 0 aliphatic rings. The van der Waals surface area contributed by atoms with Gasteiger partial charge in [0.25, 0.3) is 0 Å². The molecule has 2 N–H and O–H groups in total. The summed E-state index contributed by atoms with van der Waals surface area (Å²) < 4.78 is 27.9. The van der Waals surface area contributed by atoms with Gasteiger partial charge in [0.05, 0.1) is 22.6 Å². The fourth-order valence-corrected chi connectivity index (χ4v) is 2.15. The van der Waals surface area contributed by atoms with Crippen molar-refractivity contribution >= 4 is 29.0 Å². The highest BCUT2D eigenvalue weighted by Gasteiger charge is 2.08. The lowest BCUT2D eigenvalue weighted by molar-refractivity contribution is 0.262. The number of urea groups is 1. The van der Waals surface area contributed by atoms with Gasteiger partial charge in [-0.15, -0.1) is 0 Å². The smallest absolute Gasteiger partial charge is 0.308 e. The average molecular weight is 349 g/mol. The summed E-state index contributed by atoms with van der Waals surface area (Å²) in [5.74, 6) is -1.57. The van der Waals surface area contributed by atoms with E-state index in [0.29, 0.717) is 16.8 Å². The summed E-state index contributed by atoms with van der Waals surface area (Å²) in [7, 11) is 0. The van der Waals surface area contributed by atoms with Gasteiger partial charge in [-0.2, -0.15) is 5.10 Å². The zero-order valence-electron chi connectivity index (χ0n) is 12.1. The third-order valence-corrected chi connectivity index (χ3v) is 3.32. The Morgan fingerprint density at radius 3 is 2.46 bits per heavy atom. The lowest BCUT2D eigenvalue weighted by Gasteiger charge is -2.09. The van der Waals surface area contributed by atoms with Crippen LogP contribution in [-0.2, 0) is 0 Å². The van der Waals surface area contributed by atoms with E-state index >= 15 is 0 Å². The minimum Gasteiger partial charge on any atom is -0.308 e. The Balaban J connectivity index is 1.66. The lowest BCUT2D eigenvalue weighted by Crippen LogP contribution is -2.20. The van der Waals surface area contributed by atoms with Crippen LogP contribution in [0.5, 0.6) is 0 Å². The molecule has 5 nitrogen and oxygen atoms in total. The molecule has 0 spiro atoms. The molecular weight excluding hydrogens is 338 g/mol. The normalized spacial score (nSPS) is 10.5. The first kappa shape index (κ1) is 15.9. The van der Waals surface area contributed by atoms with E-state index in [9.17, 15) is 13.6 Å². The van der Waals surface area contributed by atoms with Gasteiger partial charge in [-0.1, -0.05) is 11.6 Å². The Hall–Kier alpha value is -2.93. The summed E-state index contributed by atoms with van der Waals surface area (Å²) in [6.07, 6.45) is 3.16. The second-order valence-corrected chi connectivity index (χ2v) is 5.29. The van der Waals surface area contributed by atoms with E-state index < -0.39 is 17.7 Å². The molecule has 0 radical (unpaired) electrons. The molecule has 0 fully saturated rings. The van der Waals surface area contributed by atoms with Gasteiger partial charge in [0.2, 0.25) is 0 Å². The number of rotatable bonds is 3. The van der Waals surface area contributed by atoms with Crippen LogP contribution in [0.3, 0.4) is 0 Å². The Bertz CT molecular complexity index is 880. The van der Waals surface area contributed by atoms with Crippen molar-refractivity contribution in [2.45, 2.75) is 0 Å². The number of amides is 2. The zero-order valence-corrected chi connectivity index (χ0v) is 12.9. The van der Waals surface area contributed by atoms with Crippen LogP contribution >= 0.6 is 11.6 Å². The van der Waals surface area contributed by atoms with Gasteiger partial charge in [0, 0.05) is 18.0 Å². The maximum Gasteiger partial charge on any atom is 0.323 e. The highest BCUT2D eigenvalue weighted by molar-refractivity contribution is 6.30. The van der Waals surface area contributed by atoms with Crippen LogP contribution in [0.25, 0.3) is 5.69 Å². The summed E-state index contributed by atoms with van der Waals surface area (Å²) in [6, 6.07) is 9.04. The van der Waals surface area contributed by atoms with Crippen molar-refractivity contribution < 1.29 is 13.6 Å². The Labute approximate surface area is 140 Å². The topological polar surface area (TPSA) is 59.0 Å². The number of nitrogens with zero attached hydrogens (tertiary/aromatic N) is 2. The first-order valence-corrected chi connectivity index (χ1v) is 7.23. The van der Waals surface area contributed by atoms with Gasteiger partial charge < -0.3 is 10.6 Å². The molecule has 1 aromatic heterocycles. The van der Waals surface area contributed by atoms with Crippen LogP contribution in [0.4, 0.5) is 25.0 Å². The quantitative estimate of drug-likeness (QED) is 0.734. The second-order valence-electron chi connectivity index (χ2n) is 4.85. The number of anilines is 2. The van der Waals surface area contributed by atoms with Crippen molar-refractivity contribution in [3.8, 4) is 5.69 Å². The molecule has 8 heteroatoms. The van der Waals surface area contributed by atoms with Gasteiger partial charge in [-0.25, -0.2) is 18.3 Å². The molecule has 2 aromatic carbocycles. The molecule has 0 bridgehead atoms. The summed E-state index contributed by atoms with van der Waals surface area (Å²) in [5, 5.41) is 9.43. The fourth-order valence-electron chi connectivity index (χ4n) is 2.02. The first-order chi connectivity index (χ1) is 11.5. The minimum atomic E-state index is -0.851. The zero-order chi connectivity index (χ0) is 17.1. The second kappa shape index (κ2) is 6.67. The van der Waals surface area contributed by atoms with Crippen molar-refractivity contribution in [3.63, 3.8) is 0 Å². The standard InChI is InChI=1S/C16H11ClF2N4O/c17-10-8-20-23(9-10)13-4-2-12(3-5-13)21-16(24)22-15-6-1-11(18)7-14(15)19/h1-9H,(H2,21,22,24). The molecule has 0 aliphatic heterocycles. The molecule has 3 rings (SSSR count). The average Bonchev–Trinajstić information content (AvgIpc) is 2.97. The molecule has 0 atom stereocenters. The molecule has 3 aromatic rings. The molecule has 122 valence electrons. The number of hydrogen-bond acceptors (Lipinski definition) is 2. The van der Waals surface area contributed by atoms with Crippen LogP contribution in [0, 0.1) is 11.6 Å². The summed E-state index contributed by atoms with van der Waals surface area (Å²) in [6.45, 7) is 0. The van der Waals surface area contributed by atoms with Crippen molar-refractivity contribution in [3.05, 3.63) is 71.5 Å². The van der Waals surface area contributed by atoms with Crippen LogP contribution in [0.1, 0.15) is 0 Å². The molecule has 0 saturated carbocycles. The van der Waals surface area contributed by atoms with Gasteiger partial charge in [0.1, 0.15) is 11.6 Å². The van der Waals surface area contributed by atoms with E-state index in [4.69, 9.17) is 11.6 Å². The monoisotopic (exact) mass is 348 g/mol. The highest BCUT2D eigenvalue weighted by atomic mass is 35.5. The molecule has 0 unspecified atom stereocenters. The summed E-state index contributed by atoms with van der Waals surface area (Å²) in [4.78, 5) is 11.9. The summed E-state index contributed by atoms with van der Waals surface area (Å²) in [5.41, 5.74) is 1.14. The van der Waals surface area contributed by atoms with E-state index in [-0.39, 0.29) is 5.69 Å². The number of carbonyl (C=O) groups excluding carboxylic acids is 1. The van der Waals surface area contributed by atoms with Gasteiger partial charge in [-0.05, 0) is 36.4 Å². The molecule has 0 saturated heterocycles. The van der Waals surface area contributed by atoms with E-state index in [1.165, 1.54) is 6.20 Å². The summed E-state index contributed by atoms with van der Waals surface area (Å²) >= 11 is 5.81. The van der Waals surface area contributed by atoms with E-state index in [2.05, 4.69) is 15.7 Å². The van der Waals surface area contributed by atoms with Crippen molar-refractivity contribution in [2.75, 3.05) is 10.6 Å². The van der Waals surface area contributed by atoms with Crippen LogP contribution < -0.4 is 10.6 Å². The third kappa shape index (κ3) is 3.69. The van der Waals surface area contributed by atoms with Crippen LogP contribution in [-0.4, -0.2) is 15.8 Å². The number of nitrogens with one attached hydrogen (secondary N) is 2. The molecule has 24 heavy (non-hydrogen) atoms. The number of benzene rings is 2. The maximum atomic E-state index is 13.5. The largest absolute Gasteiger partial charge is 0.323 e. The molecule has 2 amide bonds. The van der Waals surface area contributed by atoms with E-state index in [1.807, 2.05) is 0 Å². The Morgan fingerprint density at radius 1 is 1.08 bits per heavy atom.